The summed E-state index contributed by atoms with van der Waals surface area (Å²) in [6, 6.07) is 0. The molecule has 0 aromatic carbocycles. The van der Waals surface area contributed by atoms with Crippen LogP contribution >= 0.6 is 0 Å². The second kappa shape index (κ2) is 6.37. The van der Waals surface area contributed by atoms with Gasteiger partial charge in [0.1, 0.15) is 12.5 Å². The van der Waals surface area contributed by atoms with Gasteiger partial charge >= 0.3 is 5.97 Å². The lowest BCUT2D eigenvalue weighted by Gasteiger charge is -2.20. The van der Waals surface area contributed by atoms with E-state index in [1.165, 1.54) is 11.1 Å². The number of ketones is 1. The fourth-order valence-electron chi connectivity index (χ4n) is 2.27. The molecule has 0 aromatic heterocycles. The van der Waals surface area contributed by atoms with E-state index in [2.05, 4.69) is 6.58 Å². The Kier molecular flexibility index (Phi) is 4.56. The zero-order valence-corrected chi connectivity index (χ0v) is 11.3. The van der Waals surface area contributed by atoms with Crippen LogP contribution in [0.4, 0.5) is 0 Å². The smallest absolute Gasteiger partial charge is 0.314 e. The van der Waals surface area contributed by atoms with E-state index >= 15 is 0 Å². The van der Waals surface area contributed by atoms with Crippen LogP contribution in [-0.4, -0.2) is 23.5 Å². The van der Waals surface area contributed by atoms with Crippen molar-refractivity contribution in [2.24, 2.45) is 5.92 Å². The highest BCUT2D eigenvalue weighted by Crippen LogP contribution is 2.25. The fourth-order valence-corrected chi connectivity index (χ4v) is 2.27. The Hall–Kier alpha value is -2.10. The summed E-state index contributed by atoms with van der Waals surface area (Å²) in [5.74, 6) is -1.67. The number of Topliss-reactive ketones (excluding diaryl/α,β-unsaturated/α-hetero) is 1. The van der Waals surface area contributed by atoms with Crippen LogP contribution in [0.15, 0.2) is 47.8 Å². The molecule has 20 heavy (non-hydrogen) atoms. The molecule has 0 spiro atoms. The molecule has 2 aliphatic rings. The number of allylic oxidation sites excluding steroid dienone is 6. The standard InChI is InChI=1S/C16H18O4/c1-2-11-3-5-12(6-4-11)10-20-13-7-8-15(17)14(9-13)16(18)19/h2-3,5,7,14H,1,4,6,8-10H2,(H,18,19). The minimum atomic E-state index is -1.07. The summed E-state index contributed by atoms with van der Waals surface area (Å²) in [5.41, 5.74) is 2.38. The van der Waals surface area contributed by atoms with Crippen molar-refractivity contribution in [3.63, 3.8) is 0 Å². The lowest BCUT2D eigenvalue weighted by molar-refractivity contribution is -0.146. The number of carboxylic acids is 1. The third-order valence-electron chi connectivity index (χ3n) is 3.60. The lowest BCUT2D eigenvalue weighted by Crippen LogP contribution is -2.27. The molecule has 0 saturated carbocycles. The Bertz CT molecular complexity index is 523. The predicted octanol–water partition coefficient (Wildman–Crippen LogP) is 2.78. The molecule has 0 aliphatic heterocycles. The topological polar surface area (TPSA) is 63.6 Å². The highest BCUT2D eigenvalue weighted by molar-refractivity contribution is 5.99. The Morgan fingerprint density at radius 2 is 2.25 bits per heavy atom. The van der Waals surface area contributed by atoms with E-state index in [4.69, 9.17) is 9.84 Å². The largest absolute Gasteiger partial charge is 0.494 e. The van der Waals surface area contributed by atoms with Crippen LogP contribution in [0.5, 0.6) is 0 Å². The van der Waals surface area contributed by atoms with Crippen LogP contribution in [-0.2, 0) is 14.3 Å². The van der Waals surface area contributed by atoms with E-state index in [-0.39, 0.29) is 18.6 Å². The quantitative estimate of drug-likeness (QED) is 0.783. The number of hydrogen-bond acceptors (Lipinski definition) is 3. The molecule has 0 bridgehead atoms. The van der Waals surface area contributed by atoms with Gasteiger partial charge in [0.05, 0.1) is 5.76 Å². The second-order valence-corrected chi connectivity index (χ2v) is 5.00. The summed E-state index contributed by atoms with van der Waals surface area (Å²) in [6.45, 7) is 4.19. The number of hydrogen-bond donors (Lipinski definition) is 1. The number of carbonyl (C=O) groups is 2. The molecule has 0 saturated heterocycles. The van der Waals surface area contributed by atoms with E-state index in [0.29, 0.717) is 12.4 Å². The van der Waals surface area contributed by atoms with Gasteiger partial charge in [0.15, 0.2) is 5.78 Å². The van der Waals surface area contributed by atoms with Crippen molar-refractivity contribution >= 4 is 11.8 Å². The average molecular weight is 274 g/mol. The minimum Gasteiger partial charge on any atom is -0.494 e. The predicted molar refractivity (Wildman–Crippen MR) is 75.0 cm³/mol. The van der Waals surface area contributed by atoms with E-state index in [9.17, 15) is 9.59 Å². The van der Waals surface area contributed by atoms with Crippen molar-refractivity contribution < 1.29 is 19.4 Å². The van der Waals surface area contributed by atoms with Gasteiger partial charge in [0.2, 0.25) is 0 Å². The molecular weight excluding hydrogens is 256 g/mol. The Balaban J connectivity index is 1.90. The number of ether oxygens (including phenoxy) is 1. The van der Waals surface area contributed by atoms with E-state index in [0.717, 1.165) is 12.8 Å². The van der Waals surface area contributed by atoms with Gasteiger partial charge in [-0.15, -0.1) is 0 Å². The molecule has 0 aromatic rings. The maximum atomic E-state index is 11.4. The monoisotopic (exact) mass is 274 g/mol. The Labute approximate surface area is 118 Å². The van der Waals surface area contributed by atoms with Crippen molar-refractivity contribution in [3.8, 4) is 0 Å². The molecule has 106 valence electrons. The third kappa shape index (κ3) is 3.47. The summed E-state index contributed by atoms with van der Waals surface area (Å²) in [7, 11) is 0. The summed E-state index contributed by atoms with van der Waals surface area (Å²) in [5, 5.41) is 8.97. The number of rotatable bonds is 5. The van der Waals surface area contributed by atoms with E-state index < -0.39 is 11.9 Å². The molecule has 1 atom stereocenters. The van der Waals surface area contributed by atoms with Gasteiger partial charge in [0, 0.05) is 12.8 Å². The molecule has 0 radical (unpaired) electrons. The zero-order chi connectivity index (χ0) is 14.5. The SMILES string of the molecule is C=CC1=CC=C(COC2=CCC(=O)C(C(=O)O)C2)CC1. The van der Waals surface area contributed by atoms with Crippen LogP contribution in [0.1, 0.15) is 25.7 Å². The van der Waals surface area contributed by atoms with Gasteiger partial charge in [-0.2, -0.15) is 0 Å². The van der Waals surface area contributed by atoms with E-state index in [1.807, 2.05) is 18.2 Å². The first-order valence-electron chi connectivity index (χ1n) is 6.68. The molecule has 1 N–H and O–H groups in total. The summed E-state index contributed by atoms with van der Waals surface area (Å²) < 4.78 is 5.64. The van der Waals surface area contributed by atoms with Crippen molar-refractivity contribution in [2.45, 2.75) is 25.7 Å². The second-order valence-electron chi connectivity index (χ2n) is 5.00. The van der Waals surface area contributed by atoms with Crippen molar-refractivity contribution in [1.82, 2.24) is 0 Å². The van der Waals surface area contributed by atoms with Gasteiger partial charge in [-0.1, -0.05) is 24.8 Å². The normalized spacial score (nSPS) is 22.5. The van der Waals surface area contributed by atoms with Gasteiger partial charge in [-0.25, -0.2) is 0 Å². The van der Waals surface area contributed by atoms with Crippen molar-refractivity contribution in [2.75, 3.05) is 6.61 Å². The van der Waals surface area contributed by atoms with Crippen molar-refractivity contribution in [1.29, 1.82) is 0 Å². The highest BCUT2D eigenvalue weighted by atomic mass is 16.5. The first kappa shape index (κ1) is 14.3. The van der Waals surface area contributed by atoms with Crippen LogP contribution < -0.4 is 0 Å². The molecule has 0 fully saturated rings. The molecule has 1 unspecified atom stereocenters. The molecule has 4 nitrogen and oxygen atoms in total. The third-order valence-corrected chi connectivity index (χ3v) is 3.60. The number of aliphatic carboxylic acids is 1. The van der Waals surface area contributed by atoms with Crippen molar-refractivity contribution in [3.05, 3.63) is 47.8 Å². The van der Waals surface area contributed by atoms with Crippen LogP contribution in [0.25, 0.3) is 0 Å². The highest BCUT2D eigenvalue weighted by Gasteiger charge is 2.30. The van der Waals surface area contributed by atoms with Crippen LogP contribution in [0, 0.1) is 5.92 Å². The fraction of sp³-hybridized carbons (Fsp3) is 0.375. The maximum Gasteiger partial charge on any atom is 0.314 e. The first-order chi connectivity index (χ1) is 9.60. The first-order valence-corrected chi connectivity index (χ1v) is 6.68. The van der Waals surface area contributed by atoms with Gasteiger partial charge in [-0.3, -0.25) is 9.59 Å². The molecule has 2 aliphatic carbocycles. The zero-order valence-electron chi connectivity index (χ0n) is 11.3. The molecule has 0 amide bonds. The minimum absolute atomic E-state index is 0.145. The molecule has 0 heterocycles. The van der Waals surface area contributed by atoms with E-state index in [1.54, 1.807) is 6.08 Å². The lowest BCUT2D eigenvalue weighted by atomic mass is 9.92. The van der Waals surface area contributed by atoms with Crippen LogP contribution in [0.2, 0.25) is 0 Å². The Morgan fingerprint density at radius 3 is 2.85 bits per heavy atom. The summed E-state index contributed by atoms with van der Waals surface area (Å²) in [4.78, 5) is 22.4. The van der Waals surface area contributed by atoms with Gasteiger partial charge in [-0.05, 0) is 30.1 Å². The maximum absolute atomic E-state index is 11.4. The average Bonchev–Trinajstić information content (AvgIpc) is 2.46. The van der Waals surface area contributed by atoms with Gasteiger partial charge < -0.3 is 9.84 Å². The Morgan fingerprint density at radius 1 is 1.45 bits per heavy atom. The molecule has 2 rings (SSSR count). The van der Waals surface area contributed by atoms with Gasteiger partial charge in [0.25, 0.3) is 0 Å². The summed E-state index contributed by atoms with van der Waals surface area (Å²) in [6.07, 6.45) is 9.76. The number of carboxylic acid groups (broad SMARTS) is 1. The molecular formula is C16H18O4. The molecule has 4 heteroatoms. The van der Waals surface area contributed by atoms with Crippen LogP contribution in [0.3, 0.4) is 0 Å². The summed E-state index contributed by atoms with van der Waals surface area (Å²) >= 11 is 0. The number of carbonyl (C=O) groups excluding carboxylic acids is 1.